The fraction of sp³-hybridized carbons (Fsp3) is 0.476. The number of hydrogen-bond acceptors (Lipinski definition) is 3. The van der Waals surface area contributed by atoms with Gasteiger partial charge in [-0.15, -0.1) is 0 Å². The molecule has 1 unspecified atom stereocenters. The van der Waals surface area contributed by atoms with Crippen LogP contribution in [0.15, 0.2) is 52.2 Å². The molecule has 5 heteroatoms. The Bertz CT molecular complexity index is 613. The molecule has 1 aromatic carbocycles. The molecule has 0 bridgehead atoms. The number of nitrogens with one attached hydrogen (secondary N) is 2. The lowest BCUT2D eigenvalue weighted by Crippen LogP contribution is -2.39. The van der Waals surface area contributed by atoms with Gasteiger partial charge in [0.05, 0.1) is 6.61 Å². The second-order valence-corrected chi connectivity index (χ2v) is 7.17. The minimum Gasteiger partial charge on any atom is -0.381 e. The first kappa shape index (κ1) is 20.5. The highest BCUT2D eigenvalue weighted by atomic mass is 32.1. The van der Waals surface area contributed by atoms with Crippen molar-refractivity contribution in [3.63, 3.8) is 0 Å². The van der Waals surface area contributed by atoms with Gasteiger partial charge in [0.15, 0.2) is 5.96 Å². The molecule has 26 heavy (non-hydrogen) atoms. The summed E-state index contributed by atoms with van der Waals surface area (Å²) in [6.07, 6.45) is 3.12. The summed E-state index contributed by atoms with van der Waals surface area (Å²) in [6.45, 7) is 5.64. The van der Waals surface area contributed by atoms with E-state index in [1.54, 1.807) is 11.3 Å². The Morgan fingerprint density at radius 1 is 1.12 bits per heavy atom. The van der Waals surface area contributed by atoms with Crippen molar-refractivity contribution >= 4 is 17.3 Å². The average molecular weight is 374 g/mol. The second-order valence-electron chi connectivity index (χ2n) is 6.39. The van der Waals surface area contributed by atoms with Crippen LogP contribution >= 0.6 is 11.3 Å². The maximum Gasteiger partial charge on any atom is 0.190 e. The van der Waals surface area contributed by atoms with Crippen LogP contribution in [0.5, 0.6) is 0 Å². The summed E-state index contributed by atoms with van der Waals surface area (Å²) in [4.78, 5) is 4.29. The summed E-state index contributed by atoms with van der Waals surface area (Å²) in [7, 11) is 1.82. The molecule has 1 atom stereocenters. The molecule has 2 N–H and O–H groups in total. The highest BCUT2D eigenvalue weighted by Gasteiger charge is 2.06. The Hall–Kier alpha value is -1.85. The van der Waals surface area contributed by atoms with E-state index in [-0.39, 0.29) is 0 Å². The molecule has 0 saturated carbocycles. The minimum atomic E-state index is 0.484. The molecule has 0 amide bonds. The van der Waals surface area contributed by atoms with Crippen molar-refractivity contribution < 1.29 is 4.74 Å². The van der Waals surface area contributed by atoms with Crippen molar-refractivity contribution in [2.75, 3.05) is 33.4 Å². The second kappa shape index (κ2) is 12.5. The first-order chi connectivity index (χ1) is 12.8. The first-order valence-electron chi connectivity index (χ1n) is 9.38. The van der Waals surface area contributed by atoms with E-state index < -0.39 is 0 Å². The van der Waals surface area contributed by atoms with Gasteiger partial charge in [-0.3, -0.25) is 4.99 Å². The van der Waals surface area contributed by atoms with Crippen LogP contribution < -0.4 is 10.6 Å². The van der Waals surface area contributed by atoms with Gasteiger partial charge in [0.1, 0.15) is 0 Å². The lowest BCUT2D eigenvalue weighted by molar-refractivity contribution is 0.133. The Balaban J connectivity index is 1.47. The van der Waals surface area contributed by atoms with E-state index in [9.17, 15) is 0 Å². The molecule has 0 aliphatic heterocycles. The molecular weight excluding hydrogens is 342 g/mol. The van der Waals surface area contributed by atoms with E-state index in [0.717, 1.165) is 51.5 Å². The van der Waals surface area contributed by atoms with Crippen molar-refractivity contribution in [3.05, 3.63) is 58.3 Å². The van der Waals surface area contributed by atoms with Crippen molar-refractivity contribution in [1.82, 2.24) is 10.6 Å². The molecule has 142 valence electrons. The number of hydrogen-bond donors (Lipinski definition) is 2. The van der Waals surface area contributed by atoms with Gasteiger partial charge in [0, 0.05) is 26.7 Å². The van der Waals surface area contributed by atoms with E-state index in [4.69, 9.17) is 4.74 Å². The fourth-order valence-electron chi connectivity index (χ4n) is 2.62. The molecule has 1 heterocycles. The first-order valence-corrected chi connectivity index (χ1v) is 10.3. The highest BCUT2D eigenvalue weighted by molar-refractivity contribution is 7.07. The van der Waals surface area contributed by atoms with Gasteiger partial charge in [-0.1, -0.05) is 37.3 Å². The quantitative estimate of drug-likeness (QED) is 0.355. The number of aliphatic imine (C=N–C) groups is 1. The third-order valence-electron chi connectivity index (χ3n) is 4.30. The molecule has 0 saturated heterocycles. The standard InChI is InChI=1S/C21H31N3OS/c1-18(20-11-15-26-17-20)16-24-21(22-2)23-12-6-7-13-25-14-10-19-8-4-3-5-9-19/h3-5,8-9,11,15,17-18H,6-7,10,12-14,16H2,1-2H3,(H2,22,23,24). The van der Waals surface area contributed by atoms with Gasteiger partial charge in [0.25, 0.3) is 0 Å². The Morgan fingerprint density at radius 2 is 1.96 bits per heavy atom. The Morgan fingerprint density at radius 3 is 2.69 bits per heavy atom. The summed E-state index contributed by atoms with van der Waals surface area (Å²) >= 11 is 1.75. The molecule has 0 radical (unpaired) electrons. The molecule has 2 aromatic rings. The van der Waals surface area contributed by atoms with E-state index in [0.29, 0.717) is 5.92 Å². The predicted molar refractivity (Wildman–Crippen MR) is 112 cm³/mol. The number of rotatable bonds is 11. The summed E-state index contributed by atoms with van der Waals surface area (Å²) in [6, 6.07) is 12.7. The molecule has 0 spiro atoms. The van der Waals surface area contributed by atoms with Crippen molar-refractivity contribution in [2.24, 2.45) is 4.99 Å². The summed E-state index contributed by atoms with van der Waals surface area (Å²) < 4.78 is 5.72. The molecule has 2 rings (SSSR count). The van der Waals surface area contributed by atoms with Crippen LogP contribution in [0, 0.1) is 0 Å². The zero-order valence-corrected chi connectivity index (χ0v) is 16.7. The third kappa shape index (κ3) is 8.02. The third-order valence-corrected chi connectivity index (χ3v) is 5.00. The Labute approximate surface area is 161 Å². The molecule has 0 aliphatic carbocycles. The number of unbranched alkanes of at least 4 members (excludes halogenated alkanes) is 1. The van der Waals surface area contributed by atoms with Gasteiger partial charge in [-0.25, -0.2) is 0 Å². The van der Waals surface area contributed by atoms with E-state index in [1.165, 1.54) is 11.1 Å². The normalized spacial score (nSPS) is 12.8. The van der Waals surface area contributed by atoms with Crippen molar-refractivity contribution in [3.8, 4) is 0 Å². The lowest BCUT2D eigenvalue weighted by atomic mass is 10.1. The van der Waals surface area contributed by atoms with Gasteiger partial charge < -0.3 is 15.4 Å². The molecule has 0 fully saturated rings. The number of ether oxygens (including phenoxy) is 1. The monoisotopic (exact) mass is 373 g/mol. The zero-order valence-electron chi connectivity index (χ0n) is 15.9. The van der Waals surface area contributed by atoms with E-state index in [2.05, 4.69) is 63.6 Å². The van der Waals surface area contributed by atoms with Crippen LogP contribution in [0.2, 0.25) is 0 Å². The average Bonchev–Trinajstić information content (AvgIpc) is 3.21. The lowest BCUT2D eigenvalue weighted by Gasteiger charge is -2.15. The van der Waals surface area contributed by atoms with Crippen molar-refractivity contribution in [2.45, 2.75) is 32.1 Å². The van der Waals surface area contributed by atoms with Gasteiger partial charge in [-0.2, -0.15) is 11.3 Å². The largest absolute Gasteiger partial charge is 0.381 e. The zero-order chi connectivity index (χ0) is 18.5. The SMILES string of the molecule is CN=C(NCCCCOCCc1ccccc1)NCC(C)c1ccsc1. The summed E-state index contributed by atoms with van der Waals surface area (Å²) in [5, 5.41) is 11.1. The van der Waals surface area contributed by atoms with Crippen LogP contribution in [0.3, 0.4) is 0 Å². The predicted octanol–water partition coefficient (Wildman–Crippen LogP) is 4.06. The van der Waals surface area contributed by atoms with Gasteiger partial charge in [-0.05, 0) is 53.1 Å². The van der Waals surface area contributed by atoms with Crippen molar-refractivity contribution in [1.29, 1.82) is 0 Å². The maximum absolute atomic E-state index is 5.72. The van der Waals surface area contributed by atoms with E-state index in [1.807, 2.05) is 13.1 Å². The smallest absolute Gasteiger partial charge is 0.190 e. The topological polar surface area (TPSA) is 45.7 Å². The number of guanidine groups is 1. The number of benzene rings is 1. The van der Waals surface area contributed by atoms with Crippen LogP contribution in [-0.4, -0.2) is 39.3 Å². The maximum atomic E-state index is 5.72. The van der Waals surface area contributed by atoms with E-state index >= 15 is 0 Å². The summed E-state index contributed by atoms with van der Waals surface area (Å²) in [5.74, 6) is 1.36. The molecular formula is C21H31N3OS. The Kier molecular flexibility index (Phi) is 9.83. The molecule has 4 nitrogen and oxygen atoms in total. The minimum absolute atomic E-state index is 0.484. The number of nitrogens with zero attached hydrogens (tertiary/aromatic N) is 1. The summed E-state index contributed by atoms with van der Waals surface area (Å²) in [5.41, 5.74) is 2.71. The van der Waals surface area contributed by atoms with Crippen LogP contribution in [0.1, 0.15) is 36.8 Å². The number of thiophene rings is 1. The van der Waals surface area contributed by atoms with Gasteiger partial charge >= 0.3 is 0 Å². The van der Waals surface area contributed by atoms with Gasteiger partial charge in [0.2, 0.25) is 0 Å². The molecule has 0 aliphatic rings. The van der Waals surface area contributed by atoms with Crippen LogP contribution in [0.25, 0.3) is 0 Å². The molecule has 1 aromatic heterocycles. The van der Waals surface area contributed by atoms with Crippen LogP contribution in [0.4, 0.5) is 0 Å². The highest BCUT2D eigenvalue weighted by Crippen LogP contribution is 2.16. The fourth-order valence-corrected chi connectivity index (χ4v) is 3.40. The van der Waals surface area contributed by atoms with Crippen LogP contribution in [-0.2, 0) is 11.2 Å².